The van der Waals surface area contributed by atoms with Gasteiger partial charge in [-0.15, -0.1) is 24.0 Å². The number of benzene rings is 1. The molecule has 0 spiro atoms. The van der Waals surface area contributed by atoms with Crippen LogP contribution in [-0.2, 0) is 6.42 Å². The highest BCUT2D eigenvalue weighted by atomic mass is 32.1. The molecule has 0 aliphatic heterocycles. The number of hydrogen-bond donors (Lipinski definition) is 2. The van der Waals surface area contributed by atoms with Gasteiger partial charge in [0.25, 0.3) is 0 Å². The van der Waals surface area contributed by atoms with Crippen LogP contribution in [0.3, 0.4) is 0 Å². The van der Waals surface area contributed by atoms with E-state index in [2.05, 4.69) is 18.7 Å². The molecule has 0 atom stereocenters. The van der Waals surface area contributed by atoms with E-state index in [0.29, 0.717) is 11.4 Å². The molecular weight excluding hydrogens is 212 g/mol. The molecule has 0 saturated carbocycles. The van der Waals surface area contributed by atoms with Crippen molar-refractivity contribution in [1.29, 1.82) is 5.26 Å². The van der Waals surface area contributed by atoms with E-state index >= 15 is 0 Å². The highest BCUT2D eigenvalue weighted by Gasteiger charge is 2.09. The topological polar surface area (TPSA) is 49.8 Å². The average Bonchev–Trinajstić information content (AvgIpc) is 2.46. The monoisotopic (exact) mass is 220 g/mol. The van der Waals surface area contributed by atoms with Gasteiger partial charge in [0, 0.05) is 15.0 Å². The molecule has 0 bridgehead atoms. The first-order valence-electron chi connectivity index (χ1n) is 4.10. The summed E-state index contributed by atoms with van der Waals surface area (Å²) in [7, 11) is 0. The van der Waals surface area contributed by atoms with Crippen molar-refractivity contribution in [3.63, 3.8) is 0 Å². The number of rotatable bonds is 1. The quantitative estimate of drug-likeness (QED) is 0.726. The van der Waals surface area contributed by atoms with Crippen LogP contribution < -0.4 is 5.73 Å². The van der Waals surface area contributed by atoms with Gasteiger partial charge in [-0.1, -0.05) is 18.2 Å². The zero-order valence-electron chi connectivity index (χ0n) is 7.32. The fourth-order valence-electron chi connectivity index (χ4n) is 1.41. The van der Waals surface area contributed by atoms with E-state index in [1.165, 1.54) is 11.3 Å². The van der Waals surface area contributed by atoms with Crippen molar-refractivity contribution in [2.45, 2.75) is 11.3 Å². The predicted molar refractivity (Wildman–Crippen MR) is 62.8 cm³/mol. The molecule has 14 heavy (non-hydrogen) atoms. The molecule has 0 radical (unpaired) electrons. The zero-order valence-corrected chi connectivity index (χ0v) is 9.03. The lowest BCUT2D eigenvalue weighted by Gasteiger charge is -1.96. The van der Waals surface area contributed by atoms with Crippen LogP contribution in [0.15, 0.2) is 23.1 Å². The molecule has 70 valence electrons. The lowest BCUT2D eigenvalue weighted by Crippen LogP contribution is -1.80. The lowest BCUT2D eigenvalue weighted by molar-refractivity contribution is 1.29. The van der Waals surface area contributed by atoms with Crippen LogP contribution >= 0.6 is 24.0 Å². The maximum Gasteiger partial charge on any atom is 0.100 e. The maximum absolute atomic E-state index is 8.66. The number of fused-ring (bicyclic) bond motifs is 1. The Kier molecular flexibility index (Phi) is 2.36. The van der Waals surface area contributed by atoms with Crippen molar-refractivity contribution < 1.29 is 0 Å². The Labute approximate surface area is 91.4 Å². The predicted octanol–water partition coefficient (Wildman–Crippen LogP) is 2.84. The van der Waals surface area contributed by atoms with Crippen LogP contribution in [-0.4, -0.2) is 0 Å². The Balaban J connectivity index is 2.76. The Morgan fingerprint density at radius 2 is 2.29 bits per heavy atom. The molecule has 0 amide bonds. The summed E-state index contributed by atoms with van der Waals surface area (Å²) in [6.45, 7) is 0. The van der Waals surface area contributed by atoms with Gasteiger partial charge >= 0.3 is 0 Å². The molecular formula is C10H8N2S2. The third-order valence-electron chi connectivity index (χ3n) is 2.07. The molecule has 1 heterocycles. The van der Waals surface area contributed by atoms with Crippen molar-refractivity contribution in [2.75, 3.05) is 5.73 Å². The largest absolute Gasteiger partial charge is 0.390 e. The van der Waals surface area contributed by atoms with Crippen molar-refractivity contribution in [1.82, 2.24) is 0 Å². The number of nitriles is 1. The number of hydrogen-bond acceptors (Lipinski definition) is 4. The summed E-state index contributed by atoms with van der Waals surface area (Å²) in [4.78, 5) is 0.824. The van der Waals surface area contributed by atoms with Gasteiger partial charge in [-0.2, -0.15) is 5.26 Å². The summed E-state index contributed by atoms with van der Waals surface area (Å²) in [5, 5.41) is 10.4. The van der Waals surface area contributed by atoms with E-state index in [1.54, 1.807) is 0 Å². The standard InChI is InChI=1S/C10H8N2S2/c11-5-4-6-2-1-3-7-8(13)10(12)14-9(6)7/h1-3,13H,4,12H2. The molecule has 2 aromatic rings. The van der Waals surface area contributed by atoms with Gasteiger partial charge in [-0.05, 0) is 5.56 Å². The summed E-state index contributed by atoms with van der Waals surface area (Å²) in [6, 6.07) is 8.01. The highest BCUT2D eigenvalue weighted by Crippen LogP contribution is 2.37. The van der Waals surface area contributed by atoms with E-state index in [1.807, 2.05) is 18.2 Å². The molecule has 2 N–H and O–H groups in total. The number of nitrogens with zero attached hydrogens (tertiary/aromatic N) is 1. The minimum absolute atomic E-state index is 0.421. The van der Waals surface area contributed by atoms with Crippen LogP contribution in [0.1, 0.15) is 5.56 Å². The van der Waals surface area contributed by atoms with Gasteiger partial charge in [-0.25, -0.2) is 0 Å². The summed E-state index contributed by atoms with van der Waals surface area (Å²) >= 11 is 5.83. The van der Waals surface area contributed by atoms with Crippen LogP contribution in [0.5, 0.6) is 0 Å². The van der Waals surface area contributed by atoms with Crippen molar-refractivity contribution >= 4 is 39.1 Å². The van der Waals surface area contributed by atoms with Crippen molar-refractivity contribution in [3.8, 4) is 6.07 Å². The number of nitrogens with two attached hydrogens (primary N) is 1. The van der Waals surface area contributed by atoms with Gasteiger partial charge in [-0.3, -0.25) is 0 Å². The molecule has 4 heteroatoms. The smallest absolute Gasteiger partial charge is 0.100 e. The molecule has 1 aromatic heterocycles. The summed E-state index contributed by atoms with van der Waals surface area (Å²) < 4.78 is 1.08. The fourth-order valence-corrected chi connectivity index (χ4v) is 2.78. The Morgan fingerprint density at radius 3 is 3.00 bits per heavy atom. The summed E-state index contributed by atoms with van der Waals surface area (Å²) in [6.07, 6.45) is 0.421. The number of anilines is 1. The molecule has 2 nitrogen and oxygen atoms in total. The van der Waals surface area contributed by atoms with Gasteiger partial charge in [0.2, 0.25) is 0 Å². The van der Waals surface area contributed by atoms with Crippen LogP contribution in [0.4, 0.5) is 5.00 Å². The molecule has 0 saturated heterocycles. The summed E-state index contributed by atoms with van der Waals surface area (Å²) in [5.74, 6) is 0. The first-order chi connectivity index (χ1) is 6.74. The number of thiophene rings is 1. The third-order valence-corrected chi connectivity index (χ3v) is 3.81. The van der Waals surface area contributed by atoms with E-state index in [0.717, 1.165) is 20.5 Å². The van der Waals surface area contributed by atoms with Crippen molar-refractivity contribution in [3.05, 3.63) is 23.8 Å². The summed E-state index contributed by atoms with van der Waals surface area (Å²) in [5.41, 5.74) is 6.81. The second-order valence-corrected chi connectivity index (χ2v) is 4.44. The first-order valence-corrected chi connectivity index (χ1v) is 5.36. The maximum atomic E-state index is 8.66. The normalized spacial score (nSPS) is 10.3. The Morgan fingerprint density at radius 1 is 1.50 bits per heavy atom. The first kappa shape index (κ1) is 9.38. The Bertz CT molecular complexity index is 523. The highest BCUT2D eigenvalue weighted by molar-refractivity contribution is 7.81. The molecule has 0 aliphatic carbocycles. The number of nitrogen functional groups attached to an aromatic ring is 1. The second-order valence-electron chi connectivity index (χ2n) is 2.94. The average molecular weight is 220 g/mol. The van der Waals surface area contributed by atoms with Crippen LogP contribution in [0.2, 0.25) is 0 Å². The van der Waals surface area contributed by atoms with Gasteiger partial charge in [0.05, 0.1) is 12.5 Å². The van der Waals surface area contributed by atoms with Gasteiger partial charge in [0.15, 0.2) is 0 Å². The van der Waals surface area contributed by atoms with Crippen molar-refractivity contribution in [2.24, 2.45) is 0 Å². The molecule has 0 fully saturated rings. The zero-order chi connectivity index (χ0) is 10.1. The number of thiol groups is 1. The minimum atomic E-state index is 0.421. The third kappa shape index (κ3) is 1.35. The van der Waals surface area contributed by atoms with E-state index in [4.69, 9.17) is 11.0 Å². The molecule has 0 aliphatic rings. The van der Waals surface area contributed by atoms with E-state index in [9.17, 15) is 0 Å². The minimum Gasteiger partial charge on any atom is -0.390 e. The molecule has 1 aromatic carbocycles. The fraction of sp³-hybridized carbons (Fsp3) is 0.100. The van der Waals surface area contributed by atoms with Gasteiger partial charge < -0.3 is 5.73 Å². The lowest BCUT2D eigenvalue weighted by atomic mass is 10.1. The van der Waals surface area contributed by atoms with E-state index < -0.39 is 0 Å². The van der Waals surface area contributed by atoms with Gasteiger partial charge in [0.1, 0.15) is 5.00 Å². The SMILES string of the molecule is N#CCc1cccc2c(S)c(N)sc12. The second kappa shape index (κ2) is 3.52. The van der Waals surface area contributed by atoms with Crippen LogP contribution in [0, 0.1) is 11.3 Å². The van der Waals surface area contributed by atoms with E-state index in [-0.39, 0.29) is 0 Å². The Hall–Kier alpha value is -1.18. The molecule has 2 rings (SSSR count). The van der Waals surface area contributed by atoms with Crippen LogP contribution in [0.25, 0.3) is 10.1 Å². The molecule has 0 unspecified atom stereocenters.